The van der Waals surface area contributed by atoms with E-state index in [9.17, 15) is 0 Å². The van der Waals surface area contributed by atoms with Crippen molar-refractivity contribution in [2.24, 2.45) is 0 Å². The zero-order chi connectivity index (χ0) is 9.52. The van der Waals surface area contributed by atoms with Crippen LogP contribution in [-0.4, -0.2) is 11.7 Å². The Hall–Kier alpha value is -0.820. The third-order valence-electron chi connectivity index (χ3n) is 2.47. The summed E-state index contributed by atoms with van der Waals surface area (Å²) in [6.07, 6.45) is 3.16. The standard InChI is InChI=1S/C12H18O/c1-2-11(9-6-10-13)12-7-4-3-5-8-12/h3-5,7-8,11,13H,2,6,9-10H2,1H3. The summed E-state index contributed by atoms with van der Waals surface area (Å²) < 4.78 is 0. The highest BCUT2D eigenvalue weighted by Gasteiger charge is 2.07. The maximum absolute atomic E-state index is 8.76. The minimum Gasteiger partial charge on any atom is -0.396 e. The number of benzene rings is 1. The fraction of sp³-hybridized carbons (Fsp3) is 0.500. The zero-order valence-corrected chi connectivity index (χ0v) is 8.24. The highest BCUT2D eigenvalue weighted by molar-refractivity contribution is 5.19. The van der Waals surface area contributed by atoms with Crippen molar-refractivity contribution in [3.05, 3.63) is 35.9 Å². The van der Waals surface area contributed by atoms with Gasteiger partial charge in [0.2, 0.25) is 0 Å². The zero-order valence-electron chi connectivity index (χ0n) is 8.24. The summed E-state index contributed by atoms with van der Waals surface area (Å²) in [5, 5.41) is 8.76. The number of rotatable bonds is 5. The molecule has 0 saturated carbocycles. The molecule has 0 saturated heterocycles. The summed E-state index contributed by atoms with van der Waals surface area (Å²) in [6.45, 7) is 2.51. The summed E-state index contributed by atoms with van der Waals surface area (Å²) in [4.78, 5) is 0. The van der Waals surface area contributed by atoms with Crippen molar-refractivity contribution in [1.82, 2.24) is 0 Å². The average Bonchev–Trinajstić information content (AvgIpc) is 2.21. The number of aliphatic hydroxyl groups is 1. The predicted octanol–water partition coefficient (Wildman–Crippen LogP) is 2.95. The Kier molecular flexibility index (Phi) is 4.55. The quantitative estimate of drug-likeness (QED) is 0.735. The lowest BCUT2D eigenvalue weighted by Crippen LogP contribution is -1.98. The van der Waals surface area contributed by atoms with Gasteiger partial charge < -0.3 is 5.11 Å². The molecule has 0 aliphatic carbocycles. The van der Waals surface area contributed by atoms with Crippen LogP contribution in [0.4, 0.5) is 0 Å². The van der Waals surface area contributed by atoms with Gasteiger partial charge in [-0.05, 0) is 30.7 Å². The van der Waals surface area contributed by atoms with Gasteiger partial charge in [0.15, 0.2) is 0 Å². The topological polar surface area (TPSA) is 20.2 Å². The Morgan fingerprint density at radius 1 is 1.23 bits per heavy atom. The van der Waals surface area contributed by atoms with Crippen LogP contribution in [0.15, 0.2) is 30.3 Å². The minimum atomic E-state index is 0.309. The van der Waals surface area contributed by atoms with Gasteiger partial charge in [-0.1, -0.05) is 37.3 Å². The molecule has 1 unspecified atom stereocenters. The molecule has 1 aromatic carbocycles. The van der Waals surface area contributed by atoms with Gasteiger partial charge >= 0.3 is 0 Å². The van der Waals surface area contributed by atoms with E-state index in [4.69, 9.17) is 5.11 Å². The second-order valence-corrected chi connectivity index (χ2v) is 3.38. The van der Waals surface area contributed by atoms with Gasteiger partial charge in [0.05, 0.1) is 0 Å². The molecular weight excluding hydrogens is 160 g/mol. The van der Waals surface area contributed by atoms with Gasteiger partial charge in [-0.25, -0.2) is 0 Å². The molecule has 1 N–H and O–H groups in total. The summed E-state index contributed by atoms with van der Waals surface area (Å²) in [6, 6.07) is 10.5. The van der Waals surface area contributed by atoms with E-state index in [1.807, 2.05) is 6.07 Å². The number of hydrogen-bond donors (Lipinski definition) is 1. The first-order chi connectivity index (χ1) is 6.38. The molecule has 0 aliphatic rings. The van der Waals surface area contributed by atoms with Gasteiger partial charge in [0, 0.05) is 6.61 Å². The van der Waals surface area contributed by atoms with Gasteiger partial charge in [0.25, 0.3) is 0 Å². The van der Waals surface area contributed by atoms with Crippen LogP contribution >= 0.6 is 0 Å². The van der Waals surface area contributed by atoms with Crippen molar-refractivity contribution >= 4 is 0 Å². The van der Waals surface area contributed by atoms with E-state index in [0.717, 1.165) is 19.3 Å². The maximum Gasteiger partial charge on any atom is 0.0431 e. The van der Waals surface area contributed by atoms with Crippen LogP contribution in [0.1, 0.15) is 37.7 Å². The highest BCUT2D eigenvalue weighted by atomic mass is 16.2. The van der Waals surface area contributed by atoms with Crippen molar-refractivity contribution in [3.63, 3.8) is 0 Å². The number of hydrogen-bond acceptors (Lipinski definition) is 1. The Labute approximate surface area is 80.4 Å². The Morgan fingerprint density at radius 3 is 2.46 bits per heavy atom. The molecule has 0 radical (unpaired) electrons. The van der Waals surface area contributed by atoms with Gasteiger partial charge in [-0.3, -0.25) is 0 Å². The van der Waals surface area contributed by atoms with Crippen LogP contribution in [0.3, 0.4) is 0 Å². The highest BCUT2D eigenvalue weighted by Crippen LogP contribution is 2.23. The lowest BCUT2D eigenvalue weighted by atomic mass is 9.92. The van der Waals surface area contributed by atoms with Gasteiger partial charge in [0.1, 0.15) is 0 Å². The molecule has 0 bridgehead atoms. The molecule has 0 spiro atoms. The van der Waals surface area contributed by atoms with E-state index in [0.29, 0.717) is 12.5 Å². The van der Waals surface area contributed by atoms with Crippen LogP contribution in [0.5, 0.6) is 0 Å². The third kappa shape index (κ3) is 3.19. The summed E-state index contributed by atoms with van der Waals surface area (Å²) in [7, 11) is 0. The first-order valence-corrected chi connectivity index (χ1v) is 5.04. The van der Waals surface area contributed by atoms with Crippen molar-refractivity contribution in [3.8, 4) is 0 Å². The first kappa shape index (κ1) is 10.3. The number of aliphatic hydroxyl groups excluding tert-OH is 1. The lowest BCUT2D eigenvalue weighted by molar-refractivity contribution is 0.279. The van der Waals surface area contributed by atoms with Crippen molar-refractivity contribution in [2.75, 3.05) is 6.61 Å². The smallest absolute Gasteiger partial charge is 0.0431 e. The van der Waals surface area contributed by atoms with Gasteiger partial charge in [-0.15, -0.1) is 0 Å². The summed E-state index contributed by atoms with van der Waals surface area (Å²) in [5.41, 5.74) is 1.40. The lowest BCUT2D eigenvalue weighted by Gasteiger charge is -2.13. The molecule has 1 atom stereocenters. The Balaban J connectivity index is 2.56. The largest absolute Gasteiger partial charge is 0.396 e. The van der Waals surface area contributed by atoms with Crippen LogP contribution in [0.25, 0.3) is 0 Å². The van der Waals surface area contributed by atoms with Gasteiger partial charge in [-0.2, -0.15) is 0 Å². The van der Waals surface area contributed by atoms with E-state index in [1.54, 1.807) is 0 Å². The molecular formula is C12H18O. The second-order valence-electron chi connectivity index (χ2n) is 3.38. The van der Waals surface area contributed by atoms with E-state index in [1.165, 1.54) is 5.56 Å². The van der Waals surface area contributed by atoms with Crippen LogP contribution in [0.2, 0.25) is 0 Å². The van der Waals surface area contributed by atoms with Crippen molar-refractivity contribution < 1.29 is 5.11 Å². The predicted molar refractivity (Wildman–Crippen MR) is 55.8 cm³/mol. The molecule has 1 rings (SSSR count). The molecule has 1 aromatic rings. The van der Waals surface area contributed by atoms with E-state index in [2.05, 4.69) is 31.2 Å². The Bertz CT molecular complexity index is 218. The molecule has 0 aromatic heterocycles. The summed E-state index contributed by atoms with van der Waals surface area (Å²) >= 11 is 0. The molecule has 0 heterocycles. The monoisotopic (exact) mass is 178 g/mol. The van der Waals surface area contributed by atoms with Crippen molar-refractivity contribution in [2.45, 2.75) is 32.1 Å². The summed E-state index contributed by atoms with van der Waals surface area (Å²) in [5.74, 6) is 0.619. The molecule has 1 nitrogen and oxygen atoms in total. The van der Waals surface area contributed by atoms with Crippen LogP contribution in [-0.2, 0) is 0 Å². The first-order valence-electron chi connectivity index (χ1n) is 5.04. The average molecular weight is 178 g/mol. The molecule has 13 heavy (non-hydrogen) atoms. The Morgan fingerprint density at radius 2 is 1.92 bits per heavy atom. The SMILES string of the molecule is CCC(CCCO)c1ccccc1. The second kappa shape index (κ2) is 5.76. The molecule has 0 aliphatic heterocycles. The molecule has 1 heteroatoms. The minimum absolute atomic E-state index is 0.309. The van der Waals surface area contributed by atoms with Crippen LogP contribution in [0, 0.1) is 0 Å². The van der Waals surface area contributed by atoms with E-state index < -0.39 is 0 Å². The van der Waals surface area contributed by atoms with E-state index in [-0.39, 0.29) is 0 Å². The fourth-order valence-electron chi connectivity index (χ4n) is 1.67. The fourth-order valence-corrected chi connectivity index (χ4v) is 1.67. The normalized spacial score (nSPS) is 12.8. The maximum atomic E-state index is 8.76. The third-order valence-corrected chi connectivity index (χ3v) is 2.47. The molecule has 72 valence electrons. The molecule has 0 fully saturated rings. The molecule has 0 amide bonds. The van der Waals surface area contributed by atoms with Crippen LogP contribution < -0.4 is 0 Å². The van der Waals surface area contributed by atoms with Crippen molar-refractivity contribution in [1.29, 1.82) is 0 Å². The van der Waals surface area contributed by atoms with E-state index >= 15 is 0 Å².